The highest BCUT2D eigenvalue weighted by Crippen LogP contribution is 2.07. The summed E-state index contributed by atoms with van der Waals surface area (Å²) in [4.78, 5) is 11.4. The van der Waals surface area contributed by atoms with E-state index in [0.29, 0.717) is 18.7 Å². The number of epoxide rings is 1. The van der Waals surface area contributed by atoms with Crippen molar-refractivity contribution in [2.24, 2.45) is 0 Å². The number of amides is 1. The summed E-state index contributed by atoms with van der Waals surface area (Å²) in [5.41, 5.74) is 0.339. The van der Waals surface area contributed by atoms with Gasteiger partial charge in [-0.1, -0.05) is 6.07 Å². The monoisotopic (exact) mass is 195 g/mol. The zero-order valence-electron chi connectivity index (χ0n) is 7.50. The number of halogens is 1. The topological polar surface area (TPSA) is 41.6 Å². The van der Waals surface area contributed by atoms with E-state index in [4.69, 9.17) is 4.74 Å². The van der Waals surface area contributed by atoms with Crippen molar-refractivity contribution in [1.29, 1.82) is 0 Å². The third-order valence-electron chi connectivity index (χ3n) is 1.98. The molecule has 1 atom stereocenters. The Kier molecular flexibility index (Phi) is 2.45. The Morgan fingerprint density at radius 2 is 2.43 bits per heavy atom. The van der Waals surface area contributed by atoms with Gasteiger partial charge < -0.3 is 10.1 Å². The summed E-state index contributed by atoms with van der Waals surface area (Å²) in [7, 11) is 0. The van der Waals surface area contributed by atoms with E-state index < -0.39 is 5.82 Å². The van der Waals surface area contributed by atoms with Crippen LogP contribution in [0, 0.1) is 5.82 Å². The van der Waals surface area contributed by atoms with E-state index in [2.05, 4.69) is 5.32 Å². The SMILES string of the molecule is O=C(NC[C@H]1CO1)c1cccc(F)c1. The molecule has 0 saturated carbocycles. The van der Waals surface area contributed by atoms with Gasteiger partial charge in [-0.25, -0.2) is 4.39 Å². The molecular weight excluding hydrogens is 185 g/mol. The summed E-state index contributed by atoms with van der Waals surface area (Å²) < 4.78 is 17.7. The quantitative estimate of drug-likeness (QED) is 0.730. The van der Waals surface area contributed by atoms with Gasteiger partial charge >= 0.3 is 0 Å². The second-order valence-electron chi connectivity index (χ2n) is 3.18. The summed E-state index contributed by atoms with van der Waals surface area (Å²) in [5, 5.41) is 2.66. The first-order valence-electron chi connectivity index (χ1n) is 4.41. The predicted molar refractivity (Wildman–Crippen MR) is 48.5 cm³/mol. The highest BCUT2D eigenvalue weighted by molar-refractivity contribution is 5.94. The third-order valence-corrected chi connectivity index (χ3v) is 1.98. The predicted octanol–water partition coefficient (Wildman–Crippen LogP) is 0.954. The highest BCUT2D eigenvalue weighted by atomic mass is 19.1. The van der Waals surface area contributed by atoms with Crippen LogP contribution in [0.15, 0.2) is 24.3 Å². The van der Waals surface area contributed by atoms with Crippen molar-refractivity contribution in [3.63, 3.8) is 0 Å². The summed E-state index contributed by atoms with van der Waals surface area (Å²) in [6, 6.07) is 5.61. The fraction of sp³-hybridized carbons (Fsp3) is 0.300. The molecule has 3 nitrogen and oxygen atoms in total. The summed E-state index contributed by atoms with van der Waals surface area (Å²) >= 11 is 0. The molecule has 4 heteroatoms. The molecule has 1 saturated heterocycles. The maximum absolute atomic E-state index is 12.7. The second kappa shape index (κ2) is 3.75. The van der Waals surface area contributed by atoms with E-state index in [-0.39, 0.29) is 12.0 Å². The zero-order valence-corrected chi connectivity index (χ0v) is 7.50. The van der Waals surface area contributed by atoms with Crippen LogP contribution in [-0.2, 0) is 4.74 Å². The van der Waals surface area contributed by atoms with Crippen molar-refractivity contribution in [1.82, 2.24) is 5.32 Å². The minimum absolute atomic E-state index is 0.146. The van der Waals surface area contributed by atoms with Gasteiger partial charge in [0.05, 0.1) is 12.7 Å². The van der Waals surface area contributed by atoms with Crippen molar-refractivity contribution in [2.45, 2.75) is 6.10 Å². The van der Waals surface area contributed by atoms with Gasteiger partial charge in [0.2, 0.25) is 0 Å². The van der Waals surface area contributed by atoms with Crippen LogP contribution in [-0.4, -0.2) is 25.2 Å². The first-order chi connectivity index (χ1) is 6.75. The van der Waals surface area contributed by atoms with Gasteiger partial charge in [0.1, 0.15) is 5.82 Å². The van der Waals surface area contributed by atoms with Crippen molar-refractivity contribution < 1.29 is 13.9 Å². The van der Waals surface area contributed by atoms with Crippen LogP contribution in [0.5, 0.6) is 0 Å². The van der Waals surface area contributed by atoms with Gasteiger partial charge in [-0.15, -0.1) is 0 Å². The van der Waals surface area contributed by atoms with E-state index in [1.54, 1.807) is 6.07 Å². The highest BCUT2D eigenvalue weighted by Gasteiger charge is 2.22. The van der Waals surface area contributed by atoms with Crippen LogP contribution in [0.4, 0.5) is 4.39 Å². The molecular formula is C10H10FNO2. The lowest BCUT2D eigenvalue weighted by molar-refractivity contribution is 0.0950. The number of rotatable bonds is 3. The normalized spacial score (nSPS) is 19.1. The van der Waals surface area contributed by atoms with Crippen molar-refractivity contribution in [3.8, 4) is 0 Å². The van der Waals surface area contributed by atoms with Crippen molar-refractivity contribution in [2.75, 3.05) is 13.2 Å². The van der Waals surface area contributed by atoms with Crippen LogP contribution in [0.1, 0.15) is 10.4 Å². The molecule has 0 bridgehead atoms. The average Bonchev–Trinajstić information content (AvgIpc) is 2.97. The number of benzene rings is 1. The molecule has 0 radical (unpaired) electrons. The number of hydrogen-bond donors (Lipinski definition) is 1. The molecule has 0 spiro atoms. The van der Waals surface area contributed by atoms with Gasteiger partial charge in [0.15, 0.2) is 0 Å². The van der Waals surface area contributed by atoms with Crippen LogP contribution < -0.4 is 5.32 Å². The van der Waals surface area contributed by atoms with E-state index >= 15 is 0 Å². The lowest BCUT2D eigenvalue weighted by Crippen LogP contribution is -2.27. The Balaban J connectivity index is 1.95. The number of hydrogen-bond acceptors (Lipinski definition) is 2. The molecule has 2 rings (SSSR count). The summed E-state index contributed by atoms with van der Waals surface area (Å²) in [6.07, 6.45) is 0.146. The molecule has 0 aliphatic carbocycles. The van der Waals surface area contributed by atoms with Crippen LogP contribution in [0.2, 0.25) is 0 Å². The van der Waals surface area contributed by atoms with Crippen molar-refractivity contribution >= 4 is 5.91 Å². The molecule has 1 amide bonds. The molecule has 0 aromatic heterocycles. The van der Waals surface area contributed by atoms with Gasteiger partial charge in [-0.05, 0) is 18.2 Å². The van der Waals surface area contributed by atoms with Crippen LogP contribution in [0.25, 0.3) is 0 Å². The number of ether oxygens (including phenoxy) is 1. The molecule has 74 valence electrons. The van der Waals surface area contributed by atoms with Gasteiger partial charge in [-0.3, -0.25) is 4.79 Å². The fourth-order valence-electron chi connectivity index (χ4n) is 1.12. The Morgan fingerprint density at radius 3 is 3.07 bits per heavy atom. The molecule has 1 N–H and O–H groups in total. The number of nitrogens with one attached hydrogen (secondary N) is 1. The molecule has 1 aliphatic heterocycles. The minimum Gasteiger partial charge on any atom is -0.371 e. The summed E-state index contributed by atoms with van der Waals surface area (Å²) in [6.45, 7) is 1.19. The first-order valence-corrected chi connectivity index (χ1v) is 4.41. The Bertz CT molecular complexity index is 350. The average molecular weight is 195 g/mol. The molecule has 14 heavy (non-hydrogen) atoms. The van der Waals surface area contributed by atoms with E-state index in [9.17, 15) is 9.18 Å². The first kappa shape index (κ1) is 9.15. The van der Waals surface area contributed by atoms with Crippen LogP contribution >= 0.6 is 0 Å². The Hall–Kier alpha value is -1.42. The number of carbonyl (C=O) groups is 1. The second-order valence-corrected chi connectivity index (χ2v) is 3.18. The smallest absolute Gasteiger partial charge is 0.251 e. The Labute approximate surface area is 80.9 Å². The lowest BCUT2D eigenvalue weighted by atomic mass is 10.2. The maximum Gasteiger partial charge on any atom is 0.251 e. The molecule has 1 aromatic carbocycles. The third kappa shape index (κ3) is 2.29. The van der Waals surface area contributed by atoms with Gasteiger partial charge in [0, 0.05) is 12.1 Å². The van der Waals surface area contributed by atoms with Gasteiger partial charge in [0.25, 0.3) is 5.91 Å². The standard InChI is InChI=1S/C10H10FNO2/c11-8-3-1-2-7(4-8)10(13)12-5-9-6-14-9/h1-4,9H,5-6H2,(H,12,13)/t9-/m0/s1. The van der Waals surface area contributed by atoms with E-state index in [1.807, 2.05) is 0 Å². The van der Waals surface area contributed by atoms with Gasteiger partial charge in [-0.2, -0.15) is 0 Å². The molecule has 1 heterocycles. The maximum atomic E-state index is 12.7. The largest absolute Gasteiger partial charge is 0.371 e. The molecule has 0 unspecified atom stereocenters. The van der Waals surface area contributed by atoms with E-state index in [0.717, 1.165) is 0 Å². The fourth-order valence-corrected chi connectivity index (χ4v) is 1.12. The molecule has 1 aromatic rings. The summed E-state index contributed by atoms with van der Waals surface area (Å²) in [5.74, 6) is -0.666. The Morgan fingerprint density at radius 1 is 1.64 bits per heavy atom. The van der Waals surface area contributed by atoms with E-state index in [1.165, 1.54) is 18.2 Å². The van der Waals surface area contributed by atoms with Crippen molar-refractivity contribution in [3.05, 3.63) is 35.6 Å². The zero-order chi connectivity index (χ0) is 9.97. The minimum atomic E-state index is -0.402. The number of carbonyl (C=O) groups excluding carboxylic acids is 1. The lowest BCUT2D eigenvalue weighted by Gasteiger charge is -2.02. The van der Waals surface area contributed by atoms with Crippen LogP contribution in [0.3, 0.4) is 0 Å². The molecule has 1 aliphatic rings. The molecule has 1 fully saturated rings.